The number of nitrogens with zero attached hydrogens (tertiary/aromatic N) is 2. The van der Waals surface area contributed by atoms with Crippen molar-refractivity contribution in [3.05, 3.63) is 32.8 Å². The Morgan fingerprint density at radius 2 is 2.14 bits per heavy atom. The number of halogens is 1. The molecule has 0 amide bonds. The summed E-state index contributed by atoms with van der Waals surface area (Å²) in [4.78, 5) is 10.2. The van der Waals surface area contributed by atoms with Gasteiger partial charge in [0.05, 0.1) is 23.0 Å². The Morgan fingerprint density at radius 1 is 1.48 bits per heavy atom. The van der Waals surface area contributed by atoms with Gasteiger partial charge in [0, 0.05) is 18.7 Å². The van der Waals surface area contributed by atoms with Crippen LogP contribution in [0, 0.1) is 17.0 Å². The Bertz CT molecular complexity index is 676. The van der Waals surface area contributed by atoms with Crippen LogP contribution in [0.2, 0.25) is 5.02 Å². The molecule has 7 nitrogen and oxygen atoms in total. The molecular weight excluding hydrogens is 320 g/mol. The van der Waals surface area contributed by atoms with Crippen molar-refractivity contribution in [1.82, 2.24) is 4.31 Å². The van der Waals surface area contributed by atoms with Gasteiger partial charge in [-0.15, -0.1) is 0 Å². The summed E-state index contributed by atoms with van der Waals surface area (Å²) in [6, 6.07) is 2.00. The summed E-state index contributed by atoms with van der Waals surface area (Å²) < 4.78 is 31.9. The van der Waals surface area contributed by atoms with E-state index in [4.69, 9.17) is 16.3 Å². The lowest BCUT2D eigenvalue weighted by Gasteiger charge is -2.32. The second-order valence-electron chi connectivity index (χ2n) is 4.87. The number of hydrogen-bond acceptors (Lipinski definition) is 5. The summed E-state index contributed by atoms with van der Waals surface area (Å²) in [7, 11) is -3.82. The number of morpholine rings is 1. The molecule has 0 bridgehead atoms. The zero-order valence-corrected chi connectivity index (χ0v) is 13.1. The van der Waals surface area contributed by atoms with Gasteiger partial charge in [-0.1, -0.05) is 11.6 Å². The first kappa shape index (κ1) is 16.2. The molecule has 1 aromatic carbocycles. The van der Waals surface area contributed by atoms with E-state index in [1.54, 1.807) is 13.8 Å². The van der Waals surface area contributed by atoms with Crippen LogP contribution in [0.15, 0.2) is 17.0 Å². The molecular formula is C12H15ClN2O5S. The van der Waals surface area contributed by atoms with E-state index in [0.717, 1.165) is 6.07 Å². The molecule has 116 valence electrons. The quantitative estimate of drug-likeness (QED) is 0.622. The molecule has 0 aliphatic carbocycles. The van der Waals surface area contributed by atoms with Crippen molar-refractivity contribution in [2.45, 2.75) is 24.8 Å². The van der Waals surface area contributed by atoms with E-state index < -0.39 is 20.6 Å². The Hall–Kier alpha value is -1.22. The predicted octanol–water partition coefficient (Wildman–Crippen LogP) is 1.97. The highest BCUT2D eigenvalue weighted by Gasteiger charge is 2.34. The average molecular weight is 335 g/mol. The van der Waals surface area contributed by atoms with E-state index in [0.29, 0.717) is 18.8 Å². The smallest absolute Gasteiger partial charge is 0.289 e. The largest absolute Gasteiger partial charge is 0.378 e. The predicted molar refractivity (Wildman–Crippen MR) is 77.0 cm³/mol. The average Bonchev–Trinajstić information content (AvgIpc) is 2.38. The lowest BCUT2D eigenvalue weighted by molar-refractivity contribution is -0.384. The Balaban J connectivity index is 2.54. The number of sulfonamides is 1. The molecule has 0 aromatic heterocycles. The summed E-state index contributed by atoms with van der Waals surface area (Å²) in [5.41, 5.74) is -0.0361. The first-order valence-corrected chi connectivity index (χ1v) is 8.11. The molecule has 0 saturated carbocycles. The molecule has 21 heavy (non-hydrogen) atoms. The van der Waals surface area contributed by atoms with Crippen molar-refractivity contribution in [3.8, 4) is 0 Å². The third-order valence-corrected chi connectivity index (χ3v) is 5.79. The van der Waals surface area contributed by atoms with Gasteiger partial charge >= 0.3 is 0 Å². The molecule has 1 saturated heterocycles. The summed E-state index contributed by atoms with van der Waals surface area (Å²) in [6.07, 6.45) is 0. The van der Waals surface area contributed by atoms with Gasteiger partial charge in [-0.25, -0.2) is 8.42 Å². The van der Waals surface area contributed by atoms with Crippen molar-refractivity contribution in [2.24, 2.45) is 0 Å². The van der Waals surface area contributed by atoms with Gasteiger partial charge in [-0.2, -0.15) is 4.31 Å². The number of rotatable bonds is 3. The molecule has 1 atom stereocenters. The molecule has 0 N–H and O–H groups in total. The van der Waals surface area contributed by atoms with E-state index in [9.17, 15) is 18.5 Å². The van der Waals surface area contributed by atoms with Crippen LogP contribution >= 0.6 is 11.6 Å². The van der Waals surface area contributed by atoms with E-state index >= 15 is 0 Å². The van der Waals surface area contributed by atoms with Crippen LogP contribution < -0.4 is 0 Å². The number of nitro groups is 1. The van der Waals surface area contributed by atoms with E-state index in [1.165, 1.54) is 10.4 Å². The SMILES string of the molecule is Cc1cc(Cl)c([N+](=O)[O-])cc1S(=O)(=O)N1CCOCC1C. The molecule has 0 spiro atoms. The van der Waals surface area contributed by atoms with Gasteiger partial charge in [-0.05, 0) is 25.5 Å². The maximum Gasteiger partial charge on any atom is 0.289 e. The molecule has 0 radical (unpaired) electrons. The van der Waals surface area contributed by atoms with Crippen LogP contribution in [0.25, 0.3) is 0 Å². The van der Waals surface area contributed by atoms with Gasteiger partial charge in [0.25, 0.3) is 5.69 Å². The minimum Gasteiger partial charge on any atom is -0.378 e. The zero-order chi connectivity index (χ0) is 15.8. The van der Waals surface area contributed by atoms with Crippen molar-refractivity contribution in [3.63, 3.8) is 0 Å². The highest BCUT2D eigenvalue weighted by Crippen LogP contribution is 2.32. The van der Waals surface area contributed by atoms with E-state index in [1.807, 2.05) is 0 Å². The summed E-state index contributed by atoms with van der Waals surface area (Å²) in [5.74, 6) is 0. The van der Waals surface area contributed by atoms with Crippen molar-refractivity contribution < 1.29 is 18.1 Å². The molecule has 2 rings (SSSR count). The highest BCUT2D eigenvalue weighted by molar-refractivity contribution is 7.89. The van der Waals surface area contributed by atoms with Crippen LogP contribution in [0.1, 0.15) is 12.5 Å². The monoisotopic (exact) mass is 334 g/mol. The van der Waals surface area contributed by atoms with Crippen molar-refractivity contribution in [2.75, 3.05) is 19.8 Å². The van der Waals surface area contributed by atoms with Gasteiger partial charge in [-0.3, -0.25) is 10.1 Å². The fraction of sp³-hybridized carbons (Fsp3) is 0.500. The summed E-state index contributed by atoms with van der Waals surface area (Å²) in [6.45, 7) is 4.12. The molecule has 1 aliphatic rings. The first-order valence-electron chi connectivity index (χ1n) is 6.29. The number of benzene rings is 1. The fourth-order valence-electron chi connectivity index (χ4n) is 2.26. The summed E-state index contributed by atoms with van der Waals surface area (Å²) >= 11 is 5.79. The fourth-order valence-corrected chi connectivity index (χ4v) is 4.37. The number of nitro benzene ring substituents is 1. The van der Waals surface area contributed by atoms with Crippen LogP contribution in [-0.2, 0) is 14.8 Å². The second kappa shape index (κ2) is 5.88. The minimum absolute atomic E-state index is 0.0773. The molecule has 9 heteroatoms. The third-order valence-electron chi connectivity index (χ3n) is 3.33. The van der Waals surface area contributed by atoms with Crippen molar-refractivity contribution in [1.29, 1.82) is 0 Å². The normalized spacial score (nSPS) is 20.4. The topological polar surface area (TPSA) is 89.8 Å². The number of aryl methyl sites for hydroxylation is 1. The molecule has 1 aromatic rings. The second-order valence-corrected chi connectivity index (χ2v) is 7.13. The maximum atomic E-state index is 12.7. The number of hydrogen-bond donors (Lipinski definition) is 0. The van der Waals surface area contributed by atoms with Crippen LogP contribution in [0.4, 0.5) is 5.69 Å². The lowest BCUT2D eigenvalue weighted by Crippen LogP contribution is -2.47. The van der Waals surface area contributed by atoms with Gasteiger partial charge in [0.2, 0.25) is 10.0 Å². The van der Waals surface area contributed by atoms with Crippen molar-refractivity contribution >= 4 is 27.3 Å². The van der Waals surface area contributed by atoms with Crippen LogP contribution in [-0.4, -0.2) is 43.4 Å². The summed E-state index contributed by atoms with van der Waals surface area (Å²) in [5, 5.41) is 10.9. The van der Waals surface area contributed by atoms with Gasteiger partial charge in [0.1, 0.15) is 5.02 Å². The van der Waals surface area contributed by atoms with Gasteiger partial charge < -0.3 is 4.74 Å². The third kappa shape index (κ3) is 3.03. The van der Waals surface area contributed by atoms with Crippen LogP contribution in [0.3, 0.4) is 0 Å². The molecule has 1 fully saturated rings. The van der Waals surface area contributed by atoms with Gasteiger partial charge in [0.15, 0.2) is 0 Å². The minimum atomic E-state index is -3.82. The maximum absolute atomic E-state index is 12.7. The molecule has 1 unspecified atom stereocenters. The lowest BCUT2D eigenvalue weighted by atomic mass is 10.2. The number of ether oxygens (including phenoxy) is 1. The molecule has 1 heterocycles. The highest BCUT2D eigenvalue weighted by atomic mass is 35.5. The first-order chi connectivity index (χ1) is 9.75. The van der Waals surface area contributed by atoms with E-state index in [2.05, 4.69) is 0 Å². The van der Waals surface area contributed by atoms with E-state index in [-0.39, 0.29) is 22.5 Å². The zero-order valence-electron chi connectivity index (χ0n) is 11.6. The molecule has 1 aliphatic heterocycles. The van der Waals surface area contributed by atoms with Crippen LogP contribution in [0.5, 0.6) is 0 Å². The Morgan fingerprint density at radius 3 is 2.71 bits per heavy atom. The Labute approximate surface area is 127 Å². The standard InChI is InChI=1S/C12H15ClN2O5S/c1-8-5-10(13)11(15(16)17)6-12(8)21(18,19)14-3-4-20-7-9(14)2/h5-6,9H,3-4,7H2,1-2H3. The Kier molecular flexibility index (Phi) is 4.52.